The summed E-state index contributed by atoms with van der Waals surface area (Å²) in [5, 5.41) is 3.24. The molecule has 10 heteroatoms. The van der Waals surface area contributed by atoms with E-state index in [0.717, 1.165) is 36.7 Å². The van der Waals surface area contributed by atoms with Gasteiger partial charge in [0.1, 0.15) is 17.8 Å². The summed E-state index contributed by atoms with van der Waals surface area (Å²) in [7, 11) is 1.55. The van der Waals surface area contributed by atoms with Gasteiger partial charge >= 0.3 is 0 Å². The lowest BCUT2D eigenvalue weighted by molar-refractivity contribution is 0.0964. The highest BCUT2D eigenvalue weighted by Crippen LogP contribution is 2.36. The van der Waals surface area contributed by atoms with Crippen LogP contribution >= 0.6 is 11.8 Å². The Morgan fingerprint density at radius 2 is 2.03 bits per heavy atom. The molecule has 1 aliphatic rings. The lowest BCUT2D eigenvalue weighted by Gasteiger charge is -2.30. The van der Waals surface area contributed by atoms with Crippen LogP contribution in [0.15, 0.2) is 34.7 Å². The number of aromatic nitrogens is 1. The van der Waals surface area contributed by atoms with Gasteiger partial charge in [-0.1, -0.05) is 6.92 Å². The fourth-order valence-electron chi connectivity index (χ4n) is 4.10. The zero-order valence-corrected chi connectivity index (χ0v) is 21.2. The highest BCUT2D eigenvalue weighted by Gasteiger charge is 2.28. The number of aryl methyl sites for hydroxylation is 1. The molecule has 4 rings (SSSR count). The van der Waals surface area contributed by atoms with E-state index in [1.54, 1.807) is 29.7 Å². The van der Waals surface area contributed by atoms with Crippen molar-refractivity contribution in [3.8, 4) is 11.3 Å². The second-order valence-corrected chi connectivity index (χ2v) is 10.6. The fraction of sp³-hybridized carbons (Fsp3) is 0.417. The predicted octanol–water partition coefficient (Wildman–Crippen LogP) is 3.70. The minimum atomic E-state index is -1.28. The topological polar surface area (TPSA) is 84.7 Å². The van der Waals surface area contributed by atoms with Crippen LogP contribution in [-0.2, 0) is 17.8 Å². The average Bonchev–Trinajstić information content (AvgIpc) is 3.22. The number of pyridine rings is 1. The van der Waals surface area contributed by atoms with E-state index in [2.05, 4.69) is 10.2 Å². The van der Waals surface area contributed by atoms with Crippen LogP contribution in [0.4, 0.5) is 10.2 Å². The highest BCUT2D eigenvalue weighted by molar-refractivity contribution is 7.99. The van der Waals surface area contributed by atoms with E-state index < -0.39 is 11.4 Å². The number of nitrogens with zero attached hydrogens (tertiary/aromatic N) is 3. The van der Waals surface area contributed by atoms with Crippen LogP contribution < -0.4 is 9.62 Å². The number of hydrogen-bond donors (Lipinski definition) is 1. The van der Waals surface area contributed by atoms with Crippen molar-refractivity contribution >= 4 is 45.9 Å². The summed E-state index contributed by atoms with van der Waals surface area (Å²) in [5.74, 6) is 2.47. The van der Waals surface area contributed by atoms with E-state index in [9.17, 15) is 13.7 Å². The van der Waals surface area contributed by atoms with Crippen LogP contribution in [0.2, 0.25) is 0 Å². The number of amides is 1. The molecule has 1 amide bonds. The normalized spacial score (nSPS) is 15.4. The van der Waals surface area contributed by atoms with Crippen molar-refractivity contribution in [2.24, 2.45) is 0 Å². The molecule has 0 bridgehead atoms. The van der Waals surface area contributed by atoms with Gasteiger partial charge in [-0.25, -0.2) is 4.39 Å². The van der Waals surface area contributed by atoms with Crippen molar-refractivity contribution in [3.63, 3.8) is 0 Å². The number of benzene rings is 1. The summed E-state index contributed by atoms with van der Waals surface area (Å²) in [6.45, 7) is 5.43. The molecule has 1 aromatic carbocycles. The molecular formula is C24H29FN4O3S2. The van der Waals surface area contributed by atoms with Crippen molar-refractivity contribution in [3.05, 3.63) is 47.3 Å². The molecule has 0 spiro atoms. The van der Waals surface area contributed by atoms with E-state index in [1.807, 2.05) is 24.8 Å². The minimum Gasteiger partial charge on any atom is -0.593 e. The maximum absolute atomic E-state index is 13.5. The molecular weight excluding hydrogens is 475 g/mol. The number of rotatable bonds is 8. The molecule has 1 fully saturated rings. The number of fused-ring (bicyclic) bond motifs is 1. The van der Waals surface area contributed by atoms with Gasteiger partial charge in [0, 0.05) is 43.8 Å². The molecule has 1 saturated heterocycles. The third kappa shape index (κ3) is 5.19. The van der Waals surface area contributed by atoms with Crippen LogP contribution in [-0.4, -0.2) is 71.3 Å². The lowest BCUT2D eigenvalue weighted by Crippen LogP contribution is -2.42. The first-order valence-corrected chi connectivity index (χ1v) is 14.0. The molecule has 3 aromatic rings. The van der Waals surface area contributed by atoms with Crippen molar-refractivity contribution < 1.29 is 18.2 Å². The Labute approximate surface area is 206 Å². The van der Waals surface area contributed by atoms with Gasteiger partial charge in [0.2, 0.25) is 5.71 Å². The first-order chi connectivity index (χ1) is 16.4. The van der Waals surface area contributed by atoms with Crippen LogP contribution in [0.25, 0.3) is 22.4 Å². The summed E-state index contributed by atoms with van der Waals surface area (Å²) in [4.78, 5) is 20.0. The van der Waals surface area contributed by atoms with Gasteiger partial charge in [0.15, 0.2) is 5.82 Å². The largest absolute Gasteiger partial charge is 0.593 e. The second kappa shape index (κ2) is 11.0. The van der Waals surface area contributed by atoms with Crippen LogP contribution in [0.3, 0.4) is 0 Å². The summed E-state index contributed by atoms with van der Waals surface area (Å²) < 4.78 is 34.1. The molecule has 7 nitrogen and oxygen atoms in total. The average molecular weight is 505 g/mol. The molecule has 182 valence electrons. The van der Waals surface area contributed by atoms with Crippen molar-refractivity contribution in [1.82, 2.24) is 15.2 Å². The van der Waals surface area contributed by atoms with E-state index in [4.69, 9.17) is 9.40 Å². The third-order valence-electron chi connectivity index (χ3n) is 5.95. The molecule has 0 aliphatic carbocycles. The molecule has 1 aliphatic heterocycles. The quantitative estimate of drug-likeness (QED) is 0.468. The Hall–Kier alpha value is -2.27. The molecule has 1 N–H and O–H groups in total. The zero-order valence-electron chi connectivity index (χ0n) is 19.6. The van der Waals surface area contributed by atoms with Crippen LogP contribution in [0.1, 0.15) is 22.8 Å². The summed E-state index contributed by atoms with van der Waals surface area (Å²) in [6.07, 6.45) is 2.30. The number of carbonyl (C=O) groups is 1. The van der Waals surface area contributed by atoms with Gasteiger partial charge in [-0.2, -0.15) is 21.1 Å². The van der Waals surface area contributed by atoms with E-state index >= 15 is 0 Å². The lowest BCUT2D eigenvalue weighted by atomic mass is 10.0. The molecule has 0 saturated carbocycles. The molecule has 34 heavy (non-hydrogen) atoms. The van der Waals surface area contributed by atoms with E-state index in [-0.39, 0.29) is 17.4 Å². The molecule has 0 radical (unpaired) electrons. The standard InChI is InChI=1S/C24H29FN4O3S2/c1-4-16-15-19-20(23(30)26-2)21(17-5-7-18(25)8-6-17)32-24(19)27-22(16)29(34(3)31)10-9-28-11-13-33-14-12-28/h5-8,15H,4,9-14H2,1-3H3,(H,26,30). The van der Waals surface area contributed by atoms with Crippen molar-refractivity contribution in [2.75, 3.05) is 55.3 Å². The van der Waals surface area contributed by atoms with Crippen LogP contribution in [0, 0.1) is 5.82 Å². The van der Waals surface area contributed by atoms with Crippen LogP contribution in [0.5, 0.6) is 0 Å². The van der Waals surface area contributed by atoms with Crippen molar-refractivity contribution in [1.29, 1.82) is 0 Å². The molecule has 3 heterocycles. The Morgan fingerprint density at radius 3 is 2.65 bits per heavy atom. The number of hydrogen-bond acceptors (Lipinski definition) is 7. The first-order valence-electron chi connectivity index (χ1n) is 11.3. The monoisotopic (exact) mass is 504 g/mol. The summed E-state index contributed by atoms with van der Waals surface area (Å²) in [5.41, 5.74) is 2.10. The summed E-state index contributed by atoms with van der Waals surface area (Å²) >= 11 is 0.672. The Kier molecular flexibility index (Phi) is 8.02. The Bertz CT molecular complexity index is 1150. The maximum Gasteiger partial charge on any atom is 0.255 e. The molecule has 1 atom stereocenters. The molecule has 2 aromatic heterocycles. The summed E-state index contributed by atoms with van der Waals surface area (Å²) in [6, 6.07) is 7.70. The molecule has 1 unspecified atom stereocenters. The first kappa shape index (κ1) is 24.8. The number of halogens is 1. The fourth-order valence-corrected chi connectivity index (χ4v) is 5.82. The Balaban J connectivity index is 1.78. The number of carbonyl (C=O) groups excluding carboxylic acids is 1. The number of nitrogens with one attached hydrogen (secondary N) is 1. The highest BCUT2D eigenvalue weighted by atomic mass is 32.2. The van der Waals surface area contributed by atoms with Gasteiger partial charge < -0.3 is 14.3 Å². The second-order valence-electron chi connectivity index (χ2n) is 8.05. The van der Waals surface area contributed by atoms with Gasteiger partial charge in [0.25, 0.3) is 5.91 Å². The smallest absolute Gasteiger partial charge is 0.255 e. The van der Waals surface area contributed by atoms with Gasteiger partial charge in [-0.05, 0) is 42.3 Å². The van der Waals surface area contributed by atoms with E-state index in [1.165, 1.54) is 12.1 Å². The number of furan rings is 1. The van der Waals surface area contributed by atoms with Gasteiger partial charge in [-0.15, -0.1) is 0 Å². The van der Waals surface area contributed by atoms with Gasteiger partial charge in [0.05, 0.1) is 28.9 Å². The number of thioether (sulfide) groups is 1. The van der Waals surface area contributed by atoms with E-state index in [0.29, 0.717) is 41.1 Å². The zero-order chi connectivity index (χ0) is 24.2. The maximum atomic E-state index is 13.5. The minimum absolute atomic E-state index is 0.287. The van der Waals surface area contributed by atoms with Gasteiger partial charge in [-0.3, -0.25) is 9.69 Å². The Morgan fingerprint density at radius 1 is 1.32 bits per heavy atom. The number of anilines is 1. The SMILES string of the molecule is CCc1cc2c(C(=O)NC)c(-c3ccc(F)cc3)oc2nc1N(CCN1CCSCC1)[S+](C)[O-]. The predicted molar refractivity (Wildman–Crippen MR) is 137 cm³/mol. The van der Waals surface area contributed by atoms with Crippen molar-refractivity contribution in [2.45, 2.75) is 13.3 Å². The third-order valence-corrected chi connectivity index (χ3v) is 7.87.